The third kappa shape index (κ3) is 18.6. The van der Waals surface area contributed by atoms with Crippen LogP contribution in [0.1, 0.15) is 255 Å². The Hall–Kier alpha value is -4.36. The molecule has 2 aliphatic heterocycles. The SMILES string of the molecule is CCCCCCCCCCc1c(CCCCCCCCCC)c(CCCCCCCCCC)c2c3nc4nc(nc5[nH]c(nc6nc(nc([nH]3)c2c1CCCCCCCCCC)-c1ccccc1-6)c1ccccc51)-c1ccccc1-4.[Al+3].[Cl-].[Cl-].[Cl-]. The van der Waals surface area contributed by atoms with Crippen molar-refractivity contribution in [1.82, 2.24) is 39.9 Å². The number of benzene rings is 4. The number of aromatic nitrogens is 8. The molecule has 0 atom stereocenters. The maximum absolute atomic E-state index is 5.78. The molecule has 12 heteroatoms. The van der Waals surface area contributed by atoms with E-state index in [1.165, 1.54) is 227 Å². The second-order valence-electron chi connectivity index (χ2n) is 23.8. The number of hydrogen-bond donors (Lipinski definition) is 2. The van der Waals surface area contributed by atoms with Crippen molar-refractivity contribution in [2.75, 3.05) is 0 Å². The fraction of sp³-hybridized carbons (Fsp3) is 0.556. The van der Waals surface area contributed by atoms with Crippen molar-refractivity contribution in [3.8, 4) is 45.6 Å². The van der Waals surface area contributed by atoms with Gasteiger partial charge in [0.15, 0.2) is 23.3 Å². The number of aromatic amines is 2. The van der Waals surface area contributed by atoms with E-state index in [1.54, 1.807) is 11.1 Å². The second kappa shape index (κ2) is 38.0. The summed E-state index contributed by atoms with van der Waals surface area (Å²) in [5.41, 5.74) is 13.5. The van der Waals surface area contributed by atoms with Crippen LogP contribution in [0.15, 0.2) is 72.8 Å². The Balaban J connectivity index is 0.00000323. The minimum absolute atomic E-state index is 0. The number of nitrogens with zero attached hydrogens (tertiary/aromatic N) is 6. The molecule has 0 unspecified atom stereocenters. The molecule has 2 N–H and O–H groups in total. The van der Waals surface area contributed by atoms with E-state index in [2.05, 4.69) is 110 Å². The molecule has 0 saturated carbocycles. The van der Waals surface area contributed by atoms with Crippen LogP contribution in [0.4, 0.5) is 0 Å². The summed E-state index contributed by atoms with van der Waals surface area (Å²) < 4.78 is 0. The molecule has 9 rings (SSSR count). The van der Waals surface area contributed by atoms with Gasteiger partial charge in [-0.05, 0) is 73.6 Å². The van der Waals surface area contributed by atoms with Gasteiger partial charge in [0.2, 0.25) is 0 Å². The quantitative estimate of drug-likeness (QED) is 0.0299. The summed E-state index contributed by atoms with van der Waals surface area (Å²) in [5.74, 6) is 2.69. The zero-order valence-corrected chi connectivity index (χ0v) is 55.2. The maximum atomic E-state index is 5.78. The van der Waals surface area contributed by atoms with Crippen LogP contribution in [0, 0.1) is 0 Å². The second-order valence-corrected chi connectivity index (χ2v) is 23.8. The van der Waals surface area contributed by atoms with Crippen LogP contribution < -0.4 is 37.2 Å². The van der Waals surface area contributed by atoms with Crippen LogP contribution in [0.2, 0.25) is 0 Å². The van der Waals surface area contributed by atoms with Crippen molar-refractivity contribution in [2.24, 2.45) is 0 Å². The number of H-pyrrole nitrogens is 2. The smallest absolute Gasteiger partial charge is 1.00 e. The maximum Gasteiger partial charge on any atom is 3.00 e. The number of hydrogen-bond acceptors (Lipinski definition) is 6. The molecule has 2 aliphatic rings. The van der Waals surface area contributed by atoms with E-state index in [0.29, 0.717) is 23.3 Å². The van der Waals surface area contributed by atoms with Gasteiger partial charge in [0, 0.05) is 43.8 Å². The van der Waals surface area contributed by atoms with E-state index in [-0.39, 0.29) is 54.6 Å². The van der Waals surface area contributed by atoms with E-state index in [1.807, 2.05) is 0 Å². The number of aryl methyl sites for hydroxylation is 2. The summed E-state index contributed by atoms with van der Waals surface area (Å²) in [5, 5.41) is 4.52. The van der Waals surface area contributed by atoms with Gasteiger partial charge in [0.05, 0.1) is 0 Å². The van der Waals surface area contributed by atoms with Crippen molar-refractivity contribution >= 4 is 61.5 Å². The molecule has 0 saturated heterocycles. The van der Waals surface area contributed by atoms with E-state index >= 15 is 0 Å². The van der Waals surface area contributed by atoms with Crippen molar-refractivity contribution in [1.29, 1.82) is 0 Å². The summed E-state index contributed by atoms with van der Waals surface area (Å²) in [6.45, 7) is 9.30. The molecule has 7 aromatic rings. The molecule has 8 bridgehead atoms. The Morgan fingerprint density at radius 3 is 0.774 bits per heavy atom. The van der Waals surface area contributed by atoms with Gasteiger partial charge in [-0.25, -0.2) is 29.9 Å². The standard InChI is InChI=1S/C72H98N8.Al.3ClH/c1-5-9-13-17-21-25-29-33-43-53-54(44-34-30-26-22-18-14-10-6-2)56(46-36-32-28-24-20-16-12-8-4)64-63(55(53)45-35-31-27-23-19-15-11-7-3)71-78-69-61-51-41-39-49-59(61)67(76-69)74-65-57-47-37-38-48-58(57)66(73-65)75-68-60-50-40-42-52-62(60)70(77-68)79-72(64)80-71;;;;/h37-42,47-52H,5-36,43-46H2,1-4H3,(H2,73,74,75,76,77,78,79,80);;3*1H/q;+3;;;/p-3. The fourth-order valence-corrected chi connectivity index (χ4v) is 13.1. The third-order valence-corrected chi connectivity index (χ3v) is 17.6. The Morgan fingerprint density at radius 2 is 0.488 bits per heavy atom. The van der Waals surface area contributed by atoms with Crippen molar-refractivity contribution in [3.63, 3.8) is 0 Å². The minimum atomic E-state index is 0. The molecule has 0 aliphatic carbocycles. The summed E-state index contributed by atoms with van der Waals surface area (Å²) in [6, 6.07) is 25.4. The van der Waals surface area contributed by atoms with Crippen LogP contribution >= 0.6 is 0 Å². The van der Waals surface area contributed by atoms with Crippen LogP contribution in [0.3, 0.4) is 0 Å². The van der Waals surface area contributed by atoms with E-state index in [9.17, 15) is 0 Å². The number of nitrogens with one attached hydrogen (secondary N) is 2. The molecule has 450 valence electrons. The van der Waals surface area contributed by atoms with Gasteiger partial charge < -0.3 is 47.2 Å². The van der Waals surface area contributed by atoms with Gasteiger partial charge in [0.1, 0.15) is 22.6 Å². The average molecular weight is 1210 g/mol. The largest absolute Gasteiger partial charge is 3.00 e. The number of fused-ring (bicyclic) bond motifs is 20. The molecule has 84 heavy (non-hydrogen) atoms. The molecule has 4 aromatic carbocycles. The topological polar surface area (TPSA) is 109 Å². The summed E-state index contributed by atoms with van der Waals surface area (Å²) in [4.78, 5) is 40.7. The van der Waals surface area contributed by atoms with Crippen molar-refractivity contribution < 1.29 is 37.2 Å². The minimum Gasteiger partial charge on any atom is -1.00 e. The fourth-order valence-electron chi connectivity index (χ4n) is 13.1. The van der Waals surface area contributed by atoms with Gasteiger partial charge in [-0.3, -0.25) is 0 Å². The first kappa shape index (κ1) is 70.4. The predicted molar refractivity (Wildman–Crippen MR) is 347 cm³/mol. The summed E-state index contributed by atoms with van der Waals surface area (Å²) in [6.07, 6.45) is 46.2. The Kier molecular flexibility index (Phi) is 31.9. The van der Waals surface area contributed by atoms with Gasteiger partial charge >= 0.3 is 17.4 Å². The number of halogens is 3. The van der Waals surface area contributed by atoms with Crippen LogP contribution in [0.25, 0.3) is 89.7 Å². The van der Waals surface area contributed by atoms with Crippen LogP contribution in [0.5, 0.6) is 0 Å². The van der Waals surface area contributed by atoms with Gasteiger partial charge in [-0.15, -0.1) is 0 Å². The first-order valence-corrected chi connectivity index (χ1v) is 32.9. The first-order chi connectivity index (χ1) is 39.6. The van der Waals surface area contributed by atoms with Gasteiger partial charge in [0.25, 0.3) is 0 Å². The molecule has 0 amide bonds. The molecule has 0 spiro atoms. The monoisotopic (exact) mass is 1210 g/mol. The molecule has 0 fully saturated rings. The molecule has 5 heterocycles. The Bertz CT molecular complexity index is 3030. The van der Waals surface area contributed by atoms with E-state index in [4.69, 9.17) is 29.9 Å². The van der Waals surface area contributed by atoms with E-state index < -0.39 is 0 Å². The number of unbranched alkanes of at least 4 members (excludes halogenated alkanes) is 28. The summed E-state index contributed by atoms with van der Waals surface area (Å²) in [7, 11) is 0. The summed E-state index contributed by atoms with van der Waals surface area (Å²) >= 11 is 0. The normalized spacial score (nSPS) is 11.5. The molecular weight excluding hydrogens is 1110 g/mol. The Morgan fingerprint density at radius 1 is 0.262 bits per heavy atom. The van der Waals surface area contributed by atoms with Crippen LogP contribution in [-0.2, 0) is 25.7 Å². The van der Waals surface area contributed by atoms with Crippen LogP contribution in [-0.4, -0.2) is 57.2 Å². The molecular formula is C72H98AlCl3N8. The first-order valence-electron chi connectivity index (χ1n) is 32.9. The Labute approximate surface area is 534 Å². The predicted octanol–water partition coefficient (Wildman–Crippen LogP) is 12.2. The zero-order chi connectivity index (χ0) is 55.1. The van der Waals surface area contributed by atoms with E-state index in [0.717, 1.165) is 81.3 Å². The average Bonchev–Trinajstić information content (AvgIpc) is 4.39. The van der Waals surface area contributed by atoms with Gasteiger partial charge in [-0.2, -0.15) is 0 Å². The molecule has 3 aromatic heterocycles. The molecule has 0 radical (unpaired) electrons. The molecule has 8 nitrogen and oxygen atoms in total. The zero-order valence-electron chi connectivity index (χ0n) is 51.8. The van der Waals surface area contributed by atoms with Crippen molar-refractivity contribution in [2.45, 2.75) is 259 Å². The van der Waals surface area contributed by atoms with Gasteiger partial charge in [-0.1, -0.05) is 280 Å². The number of rotatable bonds is 36. The van der Waals surface area contributed by atoms with Crippen molar-refractivity contribution in [3.05, 3.63) is 95.1 Å². The third-order valence-electron chi connectivity index (χ3n) is 17.6.